The van der Waals surface area contributed by atoms with E-state index in [-0.39, 0.29) is 0 Å². The van der Waals surface area contributed by atoms with Gasteiger partial charge in [-0.1, -0.05) is 42.5 Å². The van der Waals surface area contributed by atoms with E-state index in [1.807, 2.05) is 23.1 Å². The quantitative estimate of drug-likeness (QED) is 0.696. The minimum Gasteiger partial charge on any atom is -0.310 e. The standard InChI is InChI=1S/C18H21N3/c1-15(19-11-5-13-21-14-6-12-20-21)17-10-4-8-16-7-2-3-9-18(16)17/h2-4,6-10,12,14-15,19H,5,11,13H2,1H3. The third kappa shape index (κ3) is 3.31. The number of aromatic nitrogens is 2. The summed E-state index contributed by atoms with van der Waals surface area (Å²) in [7, 11) is 0. The SMILES string of the molecule is CC(NCCCn1cccn1)c1cccc2ccccc12. The number of benzene rings is 2. The fourth-order valence-corrected chi connectivity index (χ4v) is 2.73. The van der Waals surface area contributed by atoms with Crippen molar-refractivity contribution < 1.29 is 0 Å². The summed E-state index contributed by atoms with van der Waals surface area (Å²) in [6.45, 7) is 4.18. The number of nitrogens with one attached hydrogen (secondary N) is 1. The molecule has 3 rings (SSSR count). The Balaban J connectivity index is 1.60. The Hall–Kier alpha value is -2.13. The highest BCUT2D eigenvalue weighted by atomic mass is 15.3. The second-order valence-electron chi connectivity index (χ2n) is 5.37. The maximum absolute atomic E-state index is 4.22. The van der Waals surface area contributed by atoms with E-state index in [9.17, 15) is 0 Å². The van der Waals surface area contributed by atoms with E-state index in [2.05, 4.69) is 59.8 Å². The Morgan fingerprint density at radius 2 is 1.95 bits per heavy atom. The Kier molecular flexibility index (Phi) is 4.31. The zero-order chi connectivity index (χ0) is 14.5. The van der Waals surface area contributed by atoms with E-state index in [1.165, 1.54) is 16.3 Å². The number of fused-ring (bicyclic) bond motifs is 1. The van der Waals surface area contributed by atoms with E-state index in [0.717, 1.165) is 19.5 Å². The molecular formula is C18H21N3. The molecule has 0 aliphatic heterocycles. The molecule has 0 aliphatic rings. The molecule has 0 saturated carbocycles. The fraction of sp³-hybridized carbons (Fsp3) is 0.278. The van der Waals surface area contributed by atoms with Crippen molar-refractivity contribution in [3.63, 3.8) is 0 Å². The van der Waals surface area contributed by atoms with Crippen LogP contribution >= 0.6 is 0 Å². The molecule has 1 heterocycles. The van der Waals surface area contributed by atoms with Crippen LogP contribution in [0.5, 0.6) is 0 Å². The molecule has 0 radical (unpaired) electrons. The summed E-state index contributed by atoms with van der Waals surface area (Å²) in [6, 6.07) is 17.4. The predicted octanol–water partition coefficient (Wildman–Crippen LogP) is 3.78. The van der Waals surface area contributed by atoms with Crippen molar-refractivity contribution in [1.82, 2.24) is 15.1 Å². The van der Waals surface area contributed by atoms with Gasteiger partial charge in [-0.05, 0) is 42.3 Å². The minimum absolute atomic E-state index is 0.355. The molecule has 0 aliphatic carbocycles. The summed E-state index contributed by atoms with van der Waals surface area (Å²) in [5.41, 5.74) is 1.37. The first-order valence-corrected chi connectivity index (χ1v) is 7.53. The van der Waals surface area contributed by atoms with E-state index < -0.39 is 0 Å². The van der Waals surface area contributed by atoms with Gasteiger partial charge in [0.2, 0.25) is 0 Å². The molecule has 1 N–H and O–H groups in total. The third-order valence-electron chi connectivity index (χ3n) is 3.86. The molecule has 3 nitrogen and oxygen atoms in total. The molecule has 0 bridgehead atoms. The van der Waals surface area contributed by atoms with Crippen LogP contribution in [0.25, 0.3) is 10.8 Å². The van der Waals surface area contributed by atoms with Crippen LogP contribution in [0.1, 0.15) is 24.9 Å². The van der Waals surface area contributed by atoms with Gasteiger partial charge in [0.05, 0.1) is 0 Å². The Bertz CT molecular complexity index is 683. The van der Waals surface area contributed by atoms with Gasteiger partial charge in [0.15, 0.2) is 0 Å². The average Bonchev–Trinajstić information content (AvgIpc) is 3.04. The van der Waals surface area contributed by atoms with Gasteiger partial charge in [-0.3, -0.25) is 4.68 Å². The highest BCUT2D eigenvalue weighted by Gasteiger charge is 2.07. The van der Waals surface area contributed by atoms with Crippen LogP contribution in [0, 0.1) is 0 Å². The maximum Gasteiger partial charge on any atom is 0.0489 e. The van der Waals surface area contributed by atoms with Crippen molar-refractivity contribution in [3.05, 3.63) is 66.5 Å². The van der Waals surface area contributed by atoms with Gasteiger partial charge in [-0.25, -0.2) is 0 Å². The van der Waals surface area contributed by atoms with Crippen LogP contribution < -0.4 is 5.32 Å². The van der Waals surface area contributed by atoms with Crippen molar-refractivity contribution in [2.75, 3.05) is 6.54 Å². The van der Waals surface area contributed by atoms with Crippen LogP contribution in [0.2, 0.25) is 0 Å². The van der Waals surface area contributed by atoms with Crippen molar-refractivity contribution in [1.29, 1.82) is 0 Å². The van der Waals surface area contributed by atoms with Gasteiger partial charge in [0, 0.05) is 25.0 Å². The van der Waals surface area contributed by atoms with Gasteiger partial charge < -0.3 is 5.32 Å². The molecule has 1 unspecified atom stereocenters. The molecule has 0 saturated heterocycles. The zero-order valence-corrected chi connectivity index (χ0v) is 12.4. The normalized spacial score (nSPS) is 12.6. The lowest BCUT2D eigenvalue weighted by Gasteiger charge is -2.16. The smallest absolute Gasteiger partial charge is 0.0489 e. The Morgan fingerprint density at radius 1 is 1.10 bits per heavy atom. The molecule has 1 atom stereocenters. The first kappa shape index (κ1) is 13.8. The van der Waals surface area contributed by atoms with Gasteiger partial charge >= 0.3 is 0 Å². The van der Waals surface area contributed by atoms with E-state index >= 15 is 0 Å². The summed E-state index contributed by atoms with van der Waals surface area (Å²) in [5.74, 6) is 0. The maximum atomic E-state index is 4.22. The third-order valence-corrected chi connectivity index (χ3v) is 3.86. The van der Waals surface area contributed by atoms with Gasteiger partial charge in [-0.15, -0.1) is 0 Å². The van der Waals surface area contributed by atoms with Gasteiger partial charge in [-0.2, -0.15) is 5.10 Å². The van der Waals surface area contributed by atoms with E-state index in [0.29, 0.717) is 6.04 Å². The first-order chi connectivity index (χ1) is 10.3. The molecule has 0 fully saturated rings. The number of hydrogen-bond acceptors (Lipinski definition) is 2. The largest absolute Gasteiger partial charge is 0.310 e. The Labute approximate surface area is 125 Å². The number of rotatable bonds is 6. The summed E-state index contributed by atoms with van der Waals surface area (Å²) >= 11 is 0. The summed E-state index contributed by atoms with van der Waals surface area (Å²) < 4.78 is 1.98. The average molecular weight is 279 g/mol. The summed E-state index contributed by atoms with van der Waals surface area (Å²) in [6.07, 6.45) is 4.91. The topological polar surface area (TPSA) is 29.9 Å². The van der Waals surface area contributed by atoms with Gasteiger partial charge in [0.25, 0.3) is 0 Å². The monoisotopic (exact) mass is 279 g/mol. The van der Waals surface area contributed by atoms with Crippen LogP contribution in [0.3, 0.4) is 0 Å². The van der Waals surface area contributed by atoms with Crippen molar-refractivity contribution >= 4 is 10.8 Å². The lowest BCUT2D eigenvalue weighted by molar-refractivity contribution is 0.508. The second kappa shape index (κ2) is 6.55. The lowest BCUT2D eigenvalue weighted by atomic mass is 10.00. The number of nitrogens with zero attached hydrogens (tertiary/aromatic N) is 2. The number of hydrogen-bond donors (Lipinski definition) is 1. The van der Waals surface area contributed by atoms with Crippen LogP contribution in [0.15, 0.2) is 60.9 Å². The van der Waals surface area contributed by atoms with Crippen molar-refractivity contribution in [2.45, 2.75) is 25.9 Å². The molecule has 3 aromatic rings. The molecule has 0 spiro atoms. The zero-order valence-electron chi connectivity index (χ0n) is 12.4. The predicted molar refractivity (Wildman–Crippen MR) is 87.2 cm³/mol. The number of aryl methyl sites for hydroxylation is 1. The molecule has 108 valence electrons. The molecule has 1 aromatic heterocycles. The molecular weight excluding hydrogens is 258 g/mol. The summed E-state index contributed by atoms with van der Waals surface area (Å²) in [4.78, 5) is 0. The van der Waals surface area contributed by atoms with Gasteiger partial charge in [0.1, 0.15) is 0 Å². The molecule has 3 heteroatoms. The minimum atomic E-state index is 0.355. The lowest BCUT2D eigenvalue weighted by Crippen LogP contribution is -2.21. The van der Waals surface area contributed by atoms with Crippen LogP contribution in [0.4, 0.5) is 0 Å². The highest BCUT2D eigenvalue weighted by Crippen LogP contribution is 2.23. The molecule has 0 amide bonds. The van der Waals surface area contributed by atoms with Crippen LogP contribution in [-0.2, 0) is 6.54 Å². The molecule has 2 aromatic carbocycles. The fourth-order valence-electron chi connectivity index (χ4n) is 2.73. The highest BCUT2D eigenvalue weighted by molar-refractivity contribution is 5.86. The van der Waals surface area contributed by atoms with E-state index in [4.69, 9.17) is 0 Å². The summed E-state index contributed by atoms with van der Waals surface area (Å²) in [5, 5.41) is 10.5. The first-order valence-electron chi connectivity index (χ1n) is 7.53. The Morgan fingerprint density at radius 3 is 2.81 bits per heavy atom. The van der Waals surface area contributed by atoms with Crippen LogP contribution in [-0.4, -0.2) is 16.3 Å². The van der Waals surface area contributed by atoms with E-state index in [1.54, 1.807) is 0 Å². The second-order valence-corrected chi connectivity index (χ2v) is 5.37. The van der Waals surface area contributed by atoms with Crippen molar-refractivity contribution in [2.24, 2.45) is 0 Å². The van der Waals surface area contributed by atoms with Crippen molar-refractivity contribution in [3.8, 4) is 0 Å². The molecule has 21 heavy (non-hydrogen) atoms.